The van der Waals surface area contributed by atoms with Crippen molar-refractivity contribution in [1.82, 2.24) is 0 Å². The second-order valence-electron chi connectivity index (χ2n) is 2.90. The molecule has 1 heteroatoms. The lowest BCUT2D eigenvalue weighted by Gasteiger charge is -2.05. The van der Waals surface area contributed by atoms with E-state index in [1.54, 1.807) is 0 Å². The molecule has 2 atom stereocenters. The van der Waals surface area contributed by atoms with Crippen LogP contribution >= 0.6 is 0 Å². The van der Waals surface area contributed by atoms with Crippen molar-refractivity contribution in [2.45, 2.75) is 37.9 Å². The molecule has 2 unspecified atom stereocenters. The van der Waals surface area contributed by atoms with E-state index in [1.807, 2.05) is 0 Å². The van der Waals surface area contributed by atoms with Gasteiger partial charge in [-0.2, -0.15) is 0 Å². The fraction of sp³-hybridized carbons (Fsp3) is 0.750. The minimum absolute atomic E-state index is 0.564. The summed E-state index contributed by atoms with van der Waals surface area (Å²) in [4.78, 5) is 0. The van der Waals surface area contributed by atoms with Crippen LogP contribution in [0.3, 0.4) is 0 Å². The fourth-order valence-corrected chi connectivity index (χ4v) is 1.62. The number of rotatable bonds is 0. The molecule has 0 aromatic carbocycles. The Morgan fingerprint density at radius 2 is 1.56 bits per heavy atom. The highest BCUT2D eigenvalue weighted by Crippen LogP contribution is 2.27. The Labute approximate surface area is 55.7 Å². The first kappa shape index (κ1) is 5.48. The molecule has 1 fully saturated rings. The molecule has 0 N–H and O–H groups in total. The van der Waals surface area contributed by atoms with E-state index in [2.05, 4.69) is 12.2 Å². The number of hydrogen-bond acceptors (Lipinski definition) is 1. The van der Waals surface area contributed by atoms with Crippen LogP contribution in [0.4, 0.5) is 0 Å². The summed E-state index contributed by atoms with van der Waals surface area (Å²) in [5, 5.41) is 0. The average molecular weight is 124 g/mol. The van der Waals surface area contributed by atoms with Crippen molar-refractivity contribution in [3.8, 4) is 0 Å². The Kier molecular flexibility index (Phi) is 1.31. The molecule has 50 valence electrons. The quantitative estimate of drug-likeness (QED) is 0.448. The molecule has 0 amide bonds. The Morgan fingerprint density at radius 1 is 1.00 bits per heavy atom. The maximum absolute atomic E-state index is 5.66. The number of fused-ring (bicyclic) bond motifs is 2. The lowest BCUT2D eigenvalue weighted by atomic mass is 10.1. The van der Waals surface area contributed by atoms with Crippen LogP contribution < -0.4 is 0 Å². The first-order chi connectivity index (χ1) is 4.45. The molecular formula is C8H12O. The summed E-state index contributed by atoms with van der Waals surface area (Å²) in [6.07, 6.45) is 10.5. The van der Waals surface area contributed by atoms with Gasteiger partial charge in [0.15, 0.2) is 0 Å². The van der Waals surface area contributed by atoms with E-state index >= 15 is 0 Å². The minimum Gasteiger partial charge on any atom is -0.374 e. The summed E-state index contributed by atoms with van der Waals surface area (Å²) in [6, 6.07) is 0. The molecule has 0 spiro atoms. The smallest absolute Gasteiger partial charge is 0.0614 e. The van der Waals surface area contributed by atoms with Gasteiger partial charge in [-0.25, -0.2) is 0 Å². The summed E-state index contributed by atoms with van der Waals surface area (Å²) in [5.41, 5.74) is 0. The van der Waals surface area contributed by atoms with E-state index in [0.717, 1.165) is 12.8 Å². The van der Waals surface area contributed by atoms with Gasteiger partial charge in [-0.1, -0.05) is 12.2 Å². The molecule has 9 heavy (non-hydrogen) atoms. The van der Waals surface area contributed by atoms with Crippen LogP contribution in [0, 0.1) is 0 Å². The number of hydrogen-bond donors (Lipinski definition) is 0. The third kappa shape index (κ3) is 1.01. The Morgan fingerprint density at radius 3 is 2.11 bits per heavy atom. The van der Waals surface area contributed by atoms with Crippen LogP contribution in [-0.2, 0) is 4.74 Å². The van der Waals surface area contributed by atoms with Gasteiger partial charge in [0, 0.05) is 0 Å². The fourth-order valence-electron chi connectivity index (χ4n) is 1.62. The zero-order chi connectivity index (χ0) is 6.10. The van der Waals surface area contributed by atoms with Crippen molar-refractivity contribution >= 4 is 0 Å². The van der Waals surface area contributed by atoms with Crippen LogP contribution in [0.15, 0.2) is 12.2 Å². The van der Waals surface area contributed by atoms with Gasteiger partial charge in [-0.3, -0.25) is 0 Å². The molecule has 2 heterocycles. The molecule has 2 rings (SSSR count). The predicted octanol–water partition coefficient (Wildman–Crippen LogP) is 1.88. The largest absolute Gasteiger partial charge is 0.374 e. The monoisotopic (exact) mass is 124 g/mol. The molecular weight excluding hydrogens is 112 g/mol. The van der Waals surface area contributed by atoms with Crippen LogP contribution in [0.25, 0.3) is 0 Å². The van der Waals surface area contributed by atoms with E-state index < -0.39 is 0 Å². The second-order valence-corrected chi connectivity index (χ2v) is 2.90. The van der Waals surface area contributed by atoms with Crippen molar-refractivity contribution < 1.29 is 4.74 Å². The van der Waals surface area contributed by atoms with Gasteiger partial charge in [0.05, 0.1) is 12.2 Å². The van der Waals surface area contributed by atoms with Crippen molar-refractivity contribution in [2.24, 2.45) is 0 Å². The Hall–Kier alpha value is -0.300. The lowest BCUT2D eigenvalue weighted by Crippen LogP contribution is -2.06. The van der Waals surface area contributed by atoms with Crippen molar-refractivity contribution in [3.05, 3.63) is 12.2 Å². The molecule has 2 aliphatic rings. The standard InChI is InChI=1S/C8H12O/c1-2-4-8-6-5-7(3-1)9-8/h1-2,7-8H,3-6H2. The van der Waals surface area contributed by atoms with Crippen molar-refractivity contribution in [1.29, 1.82) is 0 Å². The second kappa shape index (κ2) is 2.14. The first-order valence-electron chi connectivity index (χ1n) is 3.75. The van der Waals surface area contributed by atoms with Crippen molar-refractivity contribution in [3.63, 3.8) is 0 Å². The van der Waals surface area contributed by atoms with E-state index in [9.17, 15) is 0 Å². The molecule has 0 saturated carbocycles. The maximum atomic E-state index is 5.66. The zero-order valence-corrected chi connectivity index (χ0v) is 5.55. The van der Waals surface area contributed by atoms with Crippen LogP contribution in [0.2, 0.25) is 0 Å². The highest BCUT2D eigenvalue weighted by Gasteiger charge is 2.24. The third-order valence-corrected chi connectivity index (χ3v) is 2.16. The highest BCUT2D eigenvalue weighted by atomic mass is 16.5. The van der Waals surface area contributed by atoms with Gasteiger partial charge >= 0.3 is 0 Å². The van der Waals surface area contributed by atoms with E-state index in [0.29, 0.717) is 12.2 Å². The summed E-state index contributed by atoms with van der Waals surface area (Å²) < 4.78 is 5.66. The molecule has 0 aromatic rings. The molecule has 0 radical (unpaired) electrons. The molecule has 1 nitrogen and oxygen atoms in total. The van der Waals surface area contributed by atoms with E-state index in [1.165, 1.54) is 12.8 Å². The molecule has 1 saturated heterocycles. The zero-order valence-electron chi connectivity index (χ0n) is 5.55. The topological polar surface area (TPSA) is 9.23 Å². The predicted molar refractivity (Wildman–Crippen MR) is 36.3 cm³/mol. The first-order valence-corrected chi connectivity index (χ1v) is 3.75. The van der Waals surface area contributed by atoms with E-state index in [-0.39, 0.29) is 0 Å². The Bertz CT molecular complexity index is 115. The van der Waals surface area contributed by atoms with Gasteiger partial charge in [0.25, 0.3) is 0 Å². The Balaban J connectivity index is 2.08. The average Bonchev–Trinajstić information content (AvgIpc) is 2.09. The van der Waals surface area contributed by atoms with Crippen molar-refractivity contribution in [2.75, 3.05) is 0 Å². The number of ether oxygens (including phenoxy) is 1. The molecule has 2 aliphatic heterocycles. The normalized spacial score (nSPS) is 40.9. The maximum Gasteiger partial charge on any atom is 0.0614 e. The third-order valence-electron chi connectivity index (χ3n) is 2.16. The molecule has 0 aromatic heterocycles. The summed E-state index contributed by atoms with van der Waals surface area (Å²) in [7, 11) is 0. The summed E-state index contributed by atoms with van der Waals surface area (Å²) in [5.74, 6) is 0. The highest BCUT2D eigenvalue weighted by molar-refractivity contribution is 4.94. The van der Waals surface area contributed by atoms with E-state index in [4.69, 9.17) is 4.74 Å². The van der Waals surface area contributed by atoms with Crippen LogP contribution in [0.5, 0.6) is 0 Å². The van der Waals surface area contributed by atoms with Gasteiger partial charge in [-0.05, 0) is 25.7 Å². The lowest BCUT2D eigenvalue weighted by molar-refractivity contribution is 0.0532. The van der Waals surface area contributed by atoms with Gasteiger partial charge < -0.3 is 4.74 Å². The van der Waals surface area contributed by atoms with Gasteiger partial charge in [-0.15, -0.1) is 0 Å². The SMILES string of the molecule is C1=CCC2CCC(C1)O2. The molecule has 2 bridgehead atoms. The summed E-state index contributed by atoms with van der Waals surface area (Å²) >= 11 is 0. The minimum atomic E-state index is 0.564. The molecule has 0 aliphatic carbocycles. The van der Waals surface area contributed by atoms with Gasteiger partial charge in [0.1, 0.15) is 0 Å². The summed E-state index contributed by atoms with van der Waals surface area (Å²) in [6.45, 7) is 0. The van der Waals surface area contributed by atoms with Crippen LogP contribution in [-0.4, -0.2) is 12.2 Å². The van der Waals surface area contributed by atoms with Crippen LogP contribution in [0.1, 0.15) is 25.7 Å². The van der Waals surface area contributed by atoms with Gasteiger partial charge in [0.2, 0.25) is 0 Å².